The quantitative estimate of drug-likeness (QED) is 0.550. The van der Waals surface area contributed by atoms with Crippen molar-refractivity contribution in [3.05, 3.63) is 11.6 Å². The summed E-state index contributed by atoms with van der Waals surface area (Å²) in [5.41, 5.74) is 6.82. The van der Waals surface area contributed by atoms with Crippen LogP contribution < -0.4 is 5.73 Å². The predicted molar refractivity (Wildman–Crippen MR) is 55.7 cm³/mol. The Hall–Kier alpha value is -0.830. The number of carbonyl (C=O) groups excluding carboxylic acids is 1. The van der Waals surface area contributed by atoms with E-state index in [4.69, 9.17) is 10.5 Å². The third-order valence-electron chi connectivity index (χ3n) is 2.78. The molecule has 0 saturated heterocycles. The van der Waals surface area contributed by atoms with Crippen LogP contribution in [0.4, 0.5) is 0 Å². The lowest BCUT2D eigenvalue weighted by Crippen LogP contribution is -2.28. The zero-order valence-corrected chi connectivity index (χ0v) is 8.95. The van der Waals surface area contributed by atoms with Crippen LogP contribution in [0.1, 0.15) is 26.7 Å². The van der Waals surface area contributed by atoms with E-state index in [0.717, 1.165) is 12.8 Å². The molecule has 1 aliphatic carbocycles. The van der Waals surface area contributed by atoms with Gasteiger partial charge in [-0.05, 0) is 25.7 Å². The molecule has 2 atom stereocenters. The van der Waals surface area contributed by atoms with E-state index in [2.05, 4.69) is 13.0 Å². The molecule has 0 fully saturated rings. The first-order valence-electron chi connectivity index (χ1n) is 5.23. The number of esters is 1. The van der Waals surface area contributed by atoms with Gasteiger partial charge in [0.2, 0.25) is 0 Å². The van der Waals surface area contributed by atoms with Crippen molar-refractivity contribution in [3.8, 4) is 0 Å². The summed E-state index contributed by atoms with van der Waals surface area (Å²) in [7, 11) is 0. The SMILES string of the molecule is CCOC(=O)C1CC=C(CN)CC1C. The third kappa shape index (κ3) is 2.58. The Morgan fingerprint density at radius 2 is 2.43 bits per heavy atom. The molecule has 0 saturated carbocycles. The molecule has 3 nitrogen and oxygen atoms in total. The first-order chi connectivity index (χ1) is 6.69. The molecule has 0 spiro atoms. The minimum absolute atomic E-state index is 0.0326. The van der Waals surface area contributed by atoms with E-state index in [1.54, 1.807) is 0 Å². The van der Waals surface area contributed by atoms with Crippen LogP contribution in [0.2, 0.25) is 0 Å². The van der Waals surface area contributed by atoms with Crippen LogP contribution in [-0.2, 0) is 9.53 Å². The molecule has 80 valence electrons. The first kappa shape index (κ1) is 11.2. The first-order valence-corrected chi connectivity index (χ1v) is 5.23. The maximum Gasteiger partial charge on any atom is 0.309 e. The molecule has 0 aromatic heterocycles. The predicted octanol–water partition coefficient (Wildman–Crippen LogP) is 1.48. The number of hydrogen-bond acceptors (Lipinski definition) is 3. The number of rotatable bonds is 3. The van der Waals surface area contributed by atoms with Crippen molar-refractivity contribution in [2.75, 3.05) is 13.2 Å². The molecule has 2 N–H and O–H groups in total. The van der Waals surface area contributed by atoms with Crippen molar-refractivity contribution in [2.45, 2.75) is 26.7 Å². The van der Waals surface area contributed by atoms with Crippen molar-refractivity contribution in [1.82, 2.24) is 0 Å². The summed E-state index contributed by atoms with van der Waals surface area (Å²) in [6.07, 6.45) is 3.80. The Balaban J connectivity index is 2.57. The van der Waals surface area contributed by atoms with Crippen LogP contribution >= 0.6 is 0 Å². The van der Waals surface area contributed by atoms with Gasteiger partial charge in [0.1, 0.15) is 0 Å². The fourth-order valence-electron chi connectivity index (χ4n) is 1.91. The van der Waals surface area contributed by atoms with Gasteiger partial charge in [-0.3, -0.25) is 4.79 Å². The number of hydrogen-bond donors (Lipinski definition) is 1. The number of nitrogens with two attached hydrogens (primary N) is 1. The van der Waals surface area contributed by atoms with Crippen LogP contribution in [0.3, 0.4) is 0 Å². The summed E-state index contributed by atoms with van der Waals surface area (Å²) < 4.78 is 5.02. The van der Waals surface area contributed by atoms with Gasteiger partial charge in [-0.2, -0.15) is 0 Å². The Morgan fingerprint density at radius 1 is 1.71 bits per heavy atom. The fraction of sp³-hybridized carbons (Fsp3) is 0.727. The maximum absolute atomic E-state index is 11.5. The second-order valence-corrected chi connectivity index (χ2v) is 3.84. The number of allylic oxidation sites excluding steroid dienone is 1. The summed E-state index contributed by atoms with van der Waals surface area (Å²) in [6.45, 7) is 5.01. The molecule has 0 radical (unpaired) electrons. The molecule has 0 aromatic rings. The summed E-state index contributed by atoms with van der Waals surface area (Å²) in [5, 5.41) is 0. The Bertz CT molecular complexity index is 235. The highest BCUT2D eigenvalue weighted by molar-refractivity contribution is 5.73. The summed E-state index contributed by atoms with van der Waals surface area (Å²) >= 11 is 0. The zero-order chi connectivity index (χ0) is 10.6. The lowest BCUT2D eigenvalue weighted by molar-refractivity contribution is -0.149. The summed E-state index contributed by atoms with van der Waals surface area (Å²) in [5.74, 6) is 0.329. The Labute approximate surface area is 85.3 Å². The van der Waals surface area contributed by atoms with E-state index in [0.29, 0.717) is 19.1 Å². The van der Waals surface area contributed by atoms with Gasteiger partial charge in [-0.15, -0.1) is 0 Å². The molecule has 3 heteroatoms. The van der Waals surface area contributed by atoms with Crippen molar-refractivity contribution in [3.63, 3.8) is 0 Å². The van der Waals surface area contributed by atoms with Gasteiger partial charge in [-0.25, -0.2) is 0 Å². The molecule has 14 heavy (non-hydrogen) atoms. The van der Waals surface area contributed by atoms with Gasteiger partial charge >= 0.3 is 5.97 Å². The second kappa shape index (κ2) is 5.15. The second-order valence-electron chi connectivity index (χ2n) is 3.84. The highest BCUT2D eigenvalue weighted by atomic mass is 16.5. The van der Waals surface area contributed by atoms with E-state index in [1.165, 1.54) is 5.57 Å². The summed E-state index contributed by atoms with van der Waals surface area (Å²) in [6, 6.07) is 0. The van der Waals surface area contributed by atoms with E-state index in [-0.39, 0.29) is 11.9 Å². The molecule has 0 aliphatic heterocycles. The Morgan fingerprint density at radius 3 is 2.93 bits per heavy atom. The largest absolute Gasteiger partial charge is 0.466 e. The van der Waals surface area contributed by atoms with Gasteiger partial charge in [0.05, 0.1) is 12.5 Å². The van der Waals surface area contributed by atoms with Crippen LogP contribution in [0, 0.1) is 11.8 Å². The number of ether oxygens (including phenoxy) is 1. The van der Waals surface area contributed by atoms with Crippen molar-refractivity contribution >= 4 is 5.97 Å². The van der Waals surface area contributed by atoms with Crippen molar-refractivity contribution in [1.29, 1.82) is 0 Å². The molecule has 1 aliphatic rings. The highest BCUT2D eigenvalue weighted by Crippen LogP contribution is 2.29. The average Bonchev–Trinajstić information content (AvgIpc) is 2.17. The van der Waals surface area contributed by atoms with Gasteiger partial charge < -0.3 is 10.5 Å². The minimum Gasteiger partial charge on any atom is -0.466 e. The van der Waals surface area contributed by atoms with Gasteiger partial charge in [0.25, 0.3) is 0 Å². The Kier molecular flexibility index (Phi) is 4.14. The van der Waals surface area contributed by atoms with Crippen LogP contribution in [0.25, 0.3) is 0 Å². The molecule has 0 amide bonds. The van der Waals surface area contributed by atoms with Gasteiger partial charge in [-0.1, -0.05) is 18.6 Å². The van der Waals surface area contributed by atoms with Gasteiger partial charge in [0, 0.05) is 6.54 Å². The maximum atomic E-state index is 11.5. The average molecular weight is 197 g/mol. The lowest BCUT2D eigenvalue weighted by Gasteiger charge is -2.26. The van der Waals surface area contributed by atoms with Crippen LogP contribution in [0.5, 0.6) is 0 Å². The molecule has 1 rings (SSSR count). The van der Waals surface area contributed by atoms with Gasteiger partial charge in [0.15, 0.2) is 0 Å². The zero-order valence-electron chi connectivity index (χ0n) is 8.95. The van der Waals surface area contributed by atoms with Crippen molar-refractivity contribution < 1.29 is 9.53 Å². The standard InChI is InChI=1S/C11H19NO2/c1-3-14-11(13)10-5-4-9(7-12)6-8(10)2/h4,8,10H,3,5-7,12H2,1-2H3. The van der Waals surface area contributed by atoms with Crippen LogP contribution in [-0.4, -0.2) is 19.1 Å². The van der Waals surface area contributed by atoms with E-state index in [1.807, 2.05) is 6.92 Å². The molecule has 0 bridgehead atoms. The van der Waals surface area contributed by atoms with E-state index >= 15 is 0 Å². The molecular formula is C11H19NO2. The van der Waals surface area contributed by atoms with Crippen LogP contribution in [0.15, 0.2) is 11.6 Å². The topological polar surface area (TPSA) is 52.3 Å². The smallest absolute Gasteiger partial charge is 0.309 e. The molecule has 2 unspecified atom stereocenters. The molecule has 0 heterocycles. The third-order valence-corrected chi connectivity index (χ3v) is 2.78. The normalized spacial score (nSPS) is 26.9. The monoisotopic (exact) mass is 197 g/mol. The van der Waals surface area contributed by atoms with E-state index in [9.17, 15) is 4.79 Å². The molecule has 0 aromatic carbocycles. The van der Waals surface area contributed by atoms with E-state index < -0.39 is 0 Å². The highest BCUT2D eigenvalue weighted by Gasteiger charge is 2.28. The minimum atomic E-state index is -0.0627. The fourth-order valence-corrected chi connectivity index (χ4v) is 1.91. The molecular weight excluding hydrogens is 178 g/mol. The van der Waals surface area contributed by atoms with Crippen molar-refractivity contribution in [2.24, 2.45) is 17.6 Å². The summed E-state index contributed by atoms with van der Waals surface area (Å²) in [4.78, 5) is 11.5. The lowest BCUT2D eigenvalue weighted by atomic mass is 9.81. The number of carbonyl (C=O) groups is 1.